The molecule has 2 aliphatic heterocycles. The molecule has 2 heterocycles. The zero-order valence-corrected chi connectivity index (χ0v) is 16.8. The van der Waals surface area contributed by atoms with E-state index in [0.29, 0.717) is 18.5 Å². The Bertz CT molecular complexity index is 1060. The van der Waals surface area contributed by atoms with Crippen molar-refractivity contribution in [3.05, 3.63) is 51.8 Å². The summed E-state index contributed by atoms with van der Waals surface area (Å²) in [6.07, 6.45) is 2.98. The van der Waals surface area contributed by atoms with Crippen LogP contribution in [0.2, 0.25) is 0 Å². The summed E-state index contributed by atoms with van der Waals surface area (Å²) in [5.74, 6) is 0.825. The van der Waals surface area contributed by atoms with E-state index in [1.54, 1.807) is 20.1 Å². The molecule has 0 spiro atoms. The fourth-order valence-corrected chi connectivity index (χ4v) is 4.57. The van der Waals surface area contributed by atoms with Gasteiger partial charge in [-0.2, -0.15) is 0 Å². The van der Waals surface area contributed by atoms with E-state index in [2.05, 4.69) is 6.07 Å². The van der Waals surface area contributed by atoms with Crippen molar-refractivity contribution in [1.82, 2.24) is 0 Å². The first-order valence-electron chi connectivity index (χ1n) is 9.84. The summed E-state index contributed by atoms with van der Waals surface area (Å²) in [6.45, 7) is 6.51. The lowest BCUT2D eigenvalue weighted by molar-refractivity contribution is -0.118. The zero-order valence-electron chi connectivity index (χ0n) is 16.8. The molecule has 0 saturated heterocycles. The maximum atomic E-state index is 12.9. The predicted octanol–water partition coefficient (Wildman–Crippen LogP) is 2.70. The molecule has 0 bridgehead atoms. The molecule has 0 fully saturated rings. The molecule has 1 N–H and O–H groups in total. The van der Waals surface area contributed by atoms with Crippen LogP contribution in [0.5, 0.6) is 5.75 Å². The number of carbonyl (C=O) groups excluding carboxylic acids is 1. The number of benzene rings is 1. The first kappa shape index (κ1) is 18.7. The number of rotatable bonds is 4. The number of ketones is 1. The molecule has 2 atom stereocenters. The second-order valence-electron chi connectivity index (χ2n) is 8.01. The number of aliphatic imine (C=N–C) groups is 1. The lowest BCUT2D eigenvalue weighted by atomic mass is 9.76. The van der Waals surface area contributed by atoms with E-state index >= 15 is 0 Å². The number of hydrogen-bond acceptors (Lipinski definition) is 5. The molecule has 1 aliphatic carbocycles. The van der Waals surface area contributed by atoms with Gasteiger partial charge in [-0.05, 0) is 54.2 Å². The summed E-state index contributed by atoms with van der Waals surface area (Å²) in [4.78, 5) is 22.6. The smallest absolute Gasteiger partial charge is 0.166 e. The second kappa shape index (κ2) is 7.04. The average molecular weight is 378 g/mol. The van der Waals surface area contributed by atoms with E-state index < -0.39 is 0 Å². The molecule has 28 heavy (non-hydrogen) atoms. The standard InChI is InChI=1S/C23H26N2O3/c1-12(2)21-17(23(27)13(3)9-20(21)26)11-19-22-16(7-8-24-19)15-6-5-14(28-4)10-18(15)25-22/h5-6,9-10,12,17,22,26H,7-8,11H2,1-4H3. The van der Waals surface area contributed by atoms with Gasteiger partial charge in [-0.25, -0.2) is 0 Å². The second-order valence-corrected chi connectivity index (χ2v) is 8.01. The van der Waals surface area contributed by atoms with Crippen molar-refractivity contribution in [2.24, 2.45) is 21.8 Å². The van der Waals surface area contributed by atoms with Crippen molar-refractivity contribution in [3.8, 4) is 5.75 Å². The van der Waals surface area contributed by atoms with Crippen molar-refractivity contribution in [2.75, 3.05) is 13.7 Å². The van der Waals surface area contributed by atoms with Gasteiger partial charge in [0.15, 0.2) is 5.78 Å². The molecule has 146 valence electrons. The molecule has 1 aromatic carbocycles. The number of carbonyl (C=O) groups is 1. The van der Waals surface area contributed by atoms with Crippen molar-refractivity contribution in [1.29, 1.82) is 0 Å². The van der Waals surface area contributed by atoms with Gasteiger partial charge in [0.1, 0.15) is 17.6 Å². The highest BCUT2D eigenvalue weighted by atomic mass is 16.5. The van der Waals surface area contributed by atoms with Gasteiger partial charge in [0.25, 0.3) is 0 Å². The molecule has 0 amide bonds. The molecular weight excluding hydrogens is 352 g/mol. The average Bonchev–Trinajstić information content (AvgIpc) is 3.04. The van der Waals surface area contributed by atoms with Gasteiger partial charge in [0, 0.05) is 30.0 Å². The quantitative estimate of drug-likeness (QED) is 0.876. The maximum absolute atomic E-state index is 12.9. The van der Waals surface area contributed by atoms with Gasteiger partial charge in [-0.15, -0.1) is 0 Å². The van der Waals surface area contributed by atoms with Crippen LogP contribution in [0.25, 0.3) is 5.57 Å². The topological polar surface area (TPSA) is 71.2 Å². The molecule has 5 nitrogen and oxygen atoms in total. The van der Waals surface area contributed by atoms with Crippen molar-refractivity contribution < 1.29 is 14.6 Å². The van der Waals surface area contributed by atoms with Crippen LogP contribution in [-0.2, 0) is 4.79 Å². The van der Waals surface area contributed by atoms with Crippen LogP contribution in [0.1, 0.15) is 33.6 Å². The third kappa shape index (κ3) is 2.99. The molecule has 0 aromatic heterocycles. The summed E-state index contributed by atoms with van der Waals surface area (Å²) in [5, 5.41) is 12.6. The fraction of sp³-hybridized carbons (Fsp3) is 0.435. The molecule has 4 rings (SSSR count). The number of hydrogen-bond donors (Lipinski definition) is 1. The van der Waals surface area contributed by atoms with Crippen LogP contribution in [0, 0.1) is 11.8 Å². The van der Waals surface area contributed by atoms with Gasteiger partial charge in [-0.3, -0.25) is 14.8 Å². The number of fused-ring (bicyclic) bond motifs is 2. The van der Waals surface area contributed by atoms with E-state index in [9.17, 15) is 9.90 Å². The predicted molar refractivity (Wildman–Crippen MR) is 109 cm³/mol. The van der Waals surface area contributed by atoms with Gasteiger partial charge in [-0.1, -0.05) is 13.8 Å². The molecule has 0 radical (unpaired) electrons. The summed E-state index contributed by atoms with van der Waals surface area (Å²) in [7, 11) is 1.65. The minimum absolute atomic E-state index is 0.0773. The fourth-order valence-electron chi connectivity index (χ4n) is 4.57. The Kier molecular flexibility index (Phi) is 4.69. The monoisotopic (exact) mass is 378 g/mol. The molecule has 2 unspecified atom stereocenters. The van der Waals surface area contributed by atoms with E-state index in [0.717, 1.165) is 34.0 Å². The molecule has 5 heteroatoms. The number of methoxy groups -OCH3 is 1. The Hall–Kier alpha value is -2.69. The van der Waals surface area contributed by atoms with E-state index in [1.807, 2.05) is 26.0 Å². The Balaban J connectivity index is 1.71. The Morgan fingerprint density at radius 3 is 2.82 bits per heavy atom. The number of nitrogens with zero attached hydrogens (tertiary/aromatic N) is 2. The van der Waals surface area contributed by atoms with Gasteiger partial charge < -0.3 is 9.84 Å². The SMILES string of the molecule is COc1ccc2c(c1)=NC1C(CC3C(=O)C(C)=CC(O)=C3C(C)C)=NCCC=21. The van der Waals surface area contributed by atoms with Crippen LogP contribution in [0.15, 0.2) is 51.2 Å². The first-order chi connectivity index (χ1) is 13.4. The lowest BCUT2D eigenvalue weighted by Crippen LogP contribution is -2.33. The summed E-state index contributed by atoms with van der Waals surface area (Å²) in [5.41, 5.74) is 3.62. The van der Waals surface area contributed by atoms with E-state index in [4.69, 9.17) is 14.7 Å². The Labute approximate surface area is 164 Å². The molecule has 0 saturated carbocycles. The van der Waals surface area contributed by atoms with Crippen LogP contribution in [-0.4, -0.2) is 36.3 Å². The maximum Gasteiger partial charge on any atom is 0.166 e. The van der Waals surface area contributed by atoms with Gasteiger partial charge in [0.2, 0.25) is 0 Å². The summed E-state index contributed by atoms with van der Waals surface area (Å²) >= 11 is 0. The number of Topliss-reactive ketones (excluding diaryl/α,β-unsaturated/α-hetero) is 1. The Morgan fingerprint density at radius 2 is 2.11 bits per heavy atom. The number of ether oxygens (including phenoxy) is 1. The van der Waals surface area contributed by atoms with E-state index in [-0.39, 0.29) is 29.4 Å². The summed E-state index contributed by atoms with van der Waals surface area (Å²) < 4.78 is 5.33. The third-order valence-corrected chi connectivity index (χ3v) is 5.93. The number of aliphatic hydroxyl groups excluding tert-OH is 1. The highest BCUT2D eigenvalue weighted by Gasteiger charge is 2.36. The minimum Gasteiger partial charge on any atom is -0.508 e. The van der Waals surface area contributed by atoms with Crippen LogP contribution >= 0.6 is 0 Å². The third-order valence-electron chi connectivity index (χ3n) is 5.93. The number of aliphatic hydroxyl groups is 1. The van der Waals surface area contributed by atoms with Crippen LogP contribution < -0.4 is 15.3 Å². The molecule has 3 aliphatic rings. The zero-order chi connectivity index (χ0) is 20.0. The largest absolute Gasteiger partial charge is 0.508 e. The van der Waals surface area contributed by atoms with Gasteiger partial charge >= 0.3 is 0 Å². The molecule has 1 aromatic rings. The van der Waals surface area contributed by atoms with Crippen molar-refractivity contribution in [2.45, 2.75) is 39.7 Å². The van der Waals surface area contributed by atoms with E-state index in [1.165, 1.54) is 5.57 Å². The molecular formula is C23H26N2O3. The normalized spacial score (nSPS) is 23.9. The first-order valence-corrected chi connectivity index (χ1v) is 9.84. The van der Waals surface area contributed by atoms with Crippen molar-refractivity contribution >= 4 is 17.1 Å². The lowest BCUT2D eigenvalue weighted by Gasteiger charge is -2.29. The summed E-state index contributed by atoms with van der Waals surface area (Å²) in [6, 6.07) is 5.89. The van der Waals surface area contributed by atoms with Crippen molar-refractivity contribution in [3.63, 3.8) is 0 Å². The Morgan fingerprint density at radius 1 is 1.32 bits per heavy atom. The minimum atomic E-state index is -0.364. The number of allylic oxidation sites excluding steroid dienone is 3. The van der Waals surface area contributed by atoms with Gasteiger partial charge in [0.05, 0.1) is 18.4 Å². The van der Waals surface area contributed by atoms with Crippen LogP contribution in [0.3, 0.4) is 0 Å². The highest BCUT2D eigenvalue weighted by molar-refractivity contribution is 6.06. The van der Waals surface area contributed by atoms with Crippen LogP contribution in [0.4, 0.5) is 0 Å². The highest BCUT2D eigenvalue weighted by Crippen LogP contribution is 2.35.